The van der Waals surface area contributed by atoms with Crippen molar-refractivity contribution in [2.75, 3.05) is 13.2 Å². The quantitative estimate of drug-likeness (QED) is 0.710. The van der Waals surface area contributed by atoms with Crippen LogP contribution in [0, 0.1) is 0 Å². The van der Waals surface area contributed by atoms with Crippen molar-refractivity contribution in [3.05, 3.63) is 0 Å². The van der Waals surface area contributed by atoms with E-state index in [1.54, 1.807) is 4.90 Å². The van der Waals surface area contributed by atoms with Crippen LogP contribution in [0.3, 0.4) is 0 Å². The van der Waals surface area contributed by atoms with E-state index in [-0.39, 0.29) is 6.09 Å². The third-order valence-electron chi connectivity index (χ3n) is 2.86. The van der Waals surface area contributed by atoms with Crippen molar-refractivity contribution in [1.29, 1.82) is 0 Å². The molecule has 4 heteroatoms. The van der Waals surface area contributed by atoms with Gasteiger partial charge in [-0.2, -0.15) is 0 Å². The highest BCUT2D eigenvalue weighted by atomic mass is 16.6. The maximum absolute atomic E-state index is 11.9. The minimum absolute atomic E-state index is 0.288. The third-order valence-corrected chi connectivity index (χ3v) is 2.86. The van der Waals surface area contributed by atoms with Gasteiger partial charge in [-0.15, -0.1) is 0 Å². The average Bonchev–Trinajstić information content (AvgIpc) is 2.44. The molecule has 88 valence electrons. The molecule has 1 saturated heterocycles. The van der Waals surface area contributed by atoms with Crippen molar-refractivity contribution in [1.82, 2.24) is 4.90 Å². The predicted molar refractivity (Wildman–Crippen MR) is 57.6 cm³/mol. The zero-order chi connectivity index (χ0) is 11.7. The van der Waals surface area contributed by atoms with Crippen LogP contribution in [0.1, 0.15) is 41.0 Å². The monoisotopic (exact) mass is 215 g/mol. The van der Waals surface area contributed by atoms with Crippen LogP contribution in [0.25, 0.3) is 0 Å². The molecule has 4 nitrogen and oxygen atoms in total. The molecule has 1 amide bonds. The molecule has 0 aromatic rings. The number of hydrogen-bond donors (Lipinski definition) is 0. The molecule has 1 heterocycles. The van der Waals surface area contributed by atoms with Crippen LogP contribution in [-0.4, -0.2) is 35.5 Å². The van der Waals surface area contributed by atoms with Crippen molar-refractivity contribution in [3.63, 3.8) is 0 Å². The Balaban J connectivity index is 2.62. The van der Waals surface area contributed by atoms with E-state index in [4.69, 9.17) is 9.47 Å². The Kier molecular flexibility index (Phi) is 3.28. The zero-order valence-electron chi connectivity index (χ0n) is 10.3. The Morgan fingerprint density at radius 2 is 2.13 bits per heavy atom. The smallest absolute Gasteiger partial charge is 0.412 e. The number of carbonyl (C=O) groups is 1. The van der Waals surface area contributed by atoms with E-state index >= 15 is 0 Å². The molecule has 0 aromatic heterocycles. The van der Waals surface area contributed by atoms with E-state index in [2.05, 4.69) is 0 Å². The normalized spacial score (nSPS) is 20.5. The van der Waals surface area contributed by atoms with Gasteiger partial charge in [0.2, 0.25) is 0 Å². The summed E-state index contributed by atoms with van der Waals surface area (Å²) in [6, 6.07) is 0. The van der Waals surface area contributed by atoms with Gasteiger partial charge in [-0.3, -0.25) is 4.90 Å². The number of amides is 1. The van der Waals surface area contributed by atoms with E-state index < -0.39 is 11.3 Å². The molecule has 1 aliphatic rings. The molecule has 0 aromatic carbocycles. The van der Waals surface area contributed by atoms with Crippen LogP contribution in [-0.2, 0) is 9.47 Å². The van der Waals surface area contributed by atoms with Crippen molar-refractivity contribution >= 4 is 6.09 Å². The van der Waals surface area contributed by atoms with Gasteiger partial charge in [0.15, 0.2) is 0 Å². The Hall–Kier alpha value is -0.770. The van der Waals surface area contributed by atoms with E-state index in [0.717, 1.165) is 6.42 Å². The fraction of sp³-hybridized carbons (Fsp3) is 0.909. The molecule has 1 fully saturated rings. The van der Waals surface area contributed by atoms with Crippen LogP contribution in [0.5, 0.6) is 0 Å². The molecule has 1 aliphatic heterocycles. The minimum Gasteiger partial charge on any atom is -0.443 e. The van der Waals surface area contributed by atoms with Gasteiger partial charge >= 0.3 is 6.09 Å². The predicted octanol–water partition coefficient (Wildman–Crippen LogP) is 2.38. The van der Waals surface area contributed by atoms with E-state index in [0.29, 0.717) is 13.2 Å². The fourth-order valence-electron chi connectivity index (χ4n) is 1.41. The van der Waals surface area contributed by atoms with Gasteiger partial charge in [0, 0.05) is 0 Å². The van der Waals surface area contributed by atoms with Crippen molar-refractivity contribution in [3.8, 4) is 0 Å². The molecule has 0 unspecified atom stereocenters. The highest BCUT2D eigenvalue weighted by Gasteiger charge is 2.39. The molecular weight excluding hydrogens is 194 g/mol. The average molecular weight is 215 g/mol. The first-order valence-corrected chi connectivity index (χ1v) is 5.43. The largest absolute Gasteiger partial charge is 0.443 e. The van der Waals surface area contributed by atoms with E-state index in [1.807, 2.05) is 34.6 Å². The van der Waals surface area contributed by atoms with Crippen LogP contribution >= 0.6 is 0 Å². The van der Waals surface area contributed by atoms with Crippen molar-refractivity contribution < 1.29 is 14.3 Å². The number of hydrogen-bond acceptors (Lipinski definition) is 3. The van der Waals surface area contributed by atoms with Crippen LogP contribution in [0.4, 0.5) is 4.79 Å². The first kappa shape index (κ1) is 12.3. The second-order valence-electron chi connectivity index (χ2n) is 4.93. The van der Waals surface area contributed by atoms with Gasteiger partial charge in [0.05, 0.1) is 13.2 Å². The summed E-state index contributed by atoms with van der Waals surface area (Å²) in [6.07, 6.45) is 0.512. The second kappa shape index (κ2) is 4.00. The molecule has 15 heavy (non-hydrogen) atoms. The summed E-state index contributed by atoms with van der Waals surface area (Å²) in [5, 5.41) is 0. The molecule has 0 radical (unpaired) electrons. The Morgan fingerprint density at radius 1 is 1.53 bits per heavy atom. The lowest BCUT2D eigenvalue weighted by molar-refractivity contribution is -0.0624. The first-order chi connectivity index (χ1) is 6.78. The maximum atomic E-state index is 11.9. The topological polar surface area (TPSA) is 38.8 Å². The second-order valence-corrected chi connectivity index (χ2v) is 4.93. The maximum Gasteiger partial charge on any atom is 0.412 e. The molecule has 0 bridgehead atoms. The van der Waals surface area contributed by atoms with Gasteiger partial charge in [0.25, 0.3) is 0 Å². The standard InChI is InChI=1S/C11H21NO3/c1-6-10(2,3)15-9(13)12-7-8-14-11(12,4)5/h6-8H2,1-5H3. The van der Waals surface area contributed by atoms with Gasteiger partial charge in [-0.1, -0.05) is 6.92 Å². The number of nitrogens with zero attached hydrogens (tertiary/aromatic N) is 1. The first-order valence-electron chi connectivity index (χ1n) is 5.43. The highest BCUT2D eigenvalue weighted by Crippen LogP contribution is 2.25. The fourth-order valence-corrected chi connectivity index (χ4v) is 1.41. The molecular formula is C11H21NO3. The lowest BCUT2D eigenvalue weighted by Crippen LogP contribution is -2.46. The molecule has 0 spiro atoms. The summed E-state index contributed by atoms with van der Waals surface area (Å²) >= 11 is 0. The Bertz CT molecular complexity index is 248. The molecule has 0 aliphatic carbocycles. The van der Waals surface area contributed by atoms with E-state index in [9.17, 15) is 4.79 Å². The van der Waals surface area contributed by atoms with Gasteiger partial charge in [-0.05, 0) is 34.1 Å². The minimum atomic E-state index is -0.541. The Morgan fingerprint density at radius 3 is 2.53 bits per heavy atom. The summed E-state index contributed by atoms with van der Waals surface area (Å²) in [6.45, 7) is 10.8. The van der Waals surface area contributed by atoms with Crippen LogP contribution in [0.15, 0.2) is 0 Å². The lowest BCUT2D eigenvalue weighted by atomic mass is 10.1. The van der Waals surface area contributed by atoms with Gasteiger partial charge < -0.3 is 9.47 Å². The Labute approximate surface area is 91.5 Å². The van der Waals surface area contributed by atoms with Crippen molar-refractivity contribution in [2.24, 2.45) is 0 Å². The van der Waals surface area contributed by atoms with Gasteiger partial charge in [0.1, 0.15) is 11.3 Å². The van der Waals surface area contributed by atoms with Crippen LogP contribution < -0.4 is 0 Å². The highest BCUT2D eigenvalue weighted by molar-refractivity contribution is 5.69. The number of rotatable bonds is 2. The summed E-state index contributed by atoms with van der Waals surface area (Å²) < 4.78 is 10.9. The van der Waals surface area contributed by atoms with Gasteiger partial charge in [-0.25, -0.2) is 4.79 Å². The lowest BCUT2D eigenvalue weighted by Gasteiger charge is -2.32. The SMILES string of the molecule is CCC(C)(C)OC(=O)N1CCOC1(C)C. The van der Waals surface area contributed by atoms with Crippen LogP contribution in [0.2, 0.25) is 0 Å². The zero-order valence-corrected chi connectivity index (χ0v) is 10.3. The summed E-state index contributed by atoms with van der Waals surface area (Å²) in [7, 11) is 0. The van der Waals surface area contributed by atoms with E-state index in [1.165, 1.54) is 0 Å². The number of ether oxygens (including phenoxy) is 2. The molecule has 0 N–H and O–H groups in total. The molecule has 0 atom stereocenters. The van der Waals surface area contributed by atoms with Crippen molar-refractivity contribution in [2.45, 2.75) is 52.4 Å². The summed E-state index contributed by atoms with van der Waals surface area (Å²) in [4.78, 5) is 13.5. The third kappa shape index (κ3) is 2.84. The summed E-state index contributed by atoms with van der Waals surface area (Å²) in [5.41, 5.74) is -0.948. The molecule has 1 rings (SSSR count). The summed E-state index contributed by atoms with van der Waals surface area (Å²) in [5.74, 6) is 0. The number of carbonyl (C=O) groups excluding carboxylic acids is 1. The molecule has 0 saturated carbocycles.